The molecule has 2 aromatic carbocycles. The summed E-state index contributed by atoms with van der Waals surface area (Å²) in [6, 6.07) is 17.6. The molecule has 0 saturated carbocycles. The maximum atomic E-state index is 12.0. The van der Waals surface area contributed by atoms with E-state index in [4.69, 9.17) is 5.26 Å². The van der Waals surface area contributed by atoms with Crippen molar-refractivity contribution in [3.63, 3.8) is 0 Å². The second-order valence-corrected chi connectivity index (χ2v) is 4.83. The molecule has 0 unspecified atom stereocenters. The Morgan fingerprint density at radius 3 is 2.30 bits per heavy atom. The first-order valence-electron chi connectivity index (χ1n) is 6.94. The number of rotatable bonds is 4. The van der Waals surface area contributed by atoms with Crippen molar-refractivity contribution in [2.45, 2.75) is 6.92 Å². The van der Waals surface area contributed by atoms with Gasteiger partial charge in [0.05, 0.1) is 0 Å². The standard InChI is InChI=1S/C18H15N3O2/c1-13-7-9-16(10-8-13)20-12-15(11-19)18(23)21-17(22)14-5-3-2-4-6-14/h2-10,12,20H,1H3,(H,21,22,23)/b15-12+. The average Bonchev–Trinajstić information content (AvgIpc) is 2.58. The molecular formula is C18H15N3O2. The Morgan fingerprint density at radius 1 is 1.04 bits per heavy atom. The number of hydrogen-bond donors (Lipinski definition) is 2. The number of nitrogens with zero attached hydrogens (tertiary/aromatic N) is 1. The summed E-state index contributed by atoms with van der Waals surface area (Å²) in [5.41, 5.74) is 2.01. The van der Waals surface area contributed by atoms with Crippen LogP contribution in [0.2, 0.25) is 0 Å². The van der Waals surface area contributed by atoms with E-state index in [0.29, 0.717) is 5.56 Å². The zero-order valence-corrected chi connectivity index (χ0v) is 12.5. The highest BCUT2D eigenvalue weighted by Crippen LogP contribution is 2.09. The highest BCUT2D eigenvalue weighted by Gasteiger charge is 2.14. The summed E-state index contributed by atoms with van der Waals surface area (Å²) in [4.78, 5) is 23.9. The van der Waals surface area contributed by atoms with Gasteiger partial charge in [-0.1, -0.05) is 35.9 Å². The molecule has 2 rings (SSSR count). The van der Waals surface area contributed by atoms with Gasteiger partial charge in [-0.15, -0.1) is 0 Å². The topological polar surface area (TPSA) is 82.0 Å². The van der Waals surface area contributed by atoms with E-state index in [0.717, 1.165) is 11.3 Å². The molecule has 5 nitrogen and oxygen atoms in total. The number of nitrogens with one attached hydrogen (secondary N) is 2. The van der Waals surface area contributed by atoms with Crippen molar-refractivity contribution in [1.29, 1.82) is 5.26 Å². The lowest BCUT2D eigenvalue weighted by Gasteiger charge is -2.04. The highest BCUT2D eigenvalue weighted by atomic mass is 16.2. The van der Waals surface area contributed by atoms with Crippen LogP contribution in [0, 0.1) is 18.3 Å². The minimum atomic E-state index is -0.749. The first-order valence-corrected chi connectivity index (χ1v) is 6.94. The molecule has 0 spiro atoms. The fourth-order valence-electron chi connectivity index (χ4n) is 1.79. The van der Waals surface area contributed by atoms with Gasteiger partial charge in [0.1, 0.15) is 11.6 Å². The molecule has 114 valence electrons. The maximum Gasteiger partial charge on any atom is 0.270 e. The second kappa shape index (κ2) is 7.57. The van der Waals surface area contributed by atoms with Crippen molar-refractivity contribution >= 4 is 17.5 Å². The average molecular weight is 305 g/mol. The lowest BCUT2D eigenvalue weighted by atomic mass is 10.2. The minimum Gasteiger partial charge on any atom is -0.360 e. The summed E-state index contributed by atoms with van der Waals surface area (Å²) in [5, 5.41) is 14.1. The molecule has 0 fully saturated rings. The molecule has 0 bridgehead atoms. The van der Waals surface area contributed by atoms with Gasteiger partial charge in [0.25, 0.3) is 11.8 Å². The fraction of sp³-hybridized carbons (Fsp3) is 0.0556. The molecule has 0 aromatic heterocycles. The molecule has 0 saturated heterocycles. The highest BCUT2D eigenvalue weighted by molar-refractivity contribution is 6.11. The number of anilines is 1. The van der Waals surface area contributed by atoms with Crippen LogP contribution in [0.4, 0.5) is 5.69 Å². The SMILES string of the molecule is Cc1ccc(N/C=C(\C#N)C(=O)NC(=O)c2ccccc2)cc1. The molecule has 0 radical (unpaired) electrons. The van der Waals surface area contributed by atoms with Crippen molar-refractivity contribution in [3.8, 4) is 6.07 Å². The first-order chi connectivity index (χ1) is 11.1. The molecule has 0 atom stereocenters. The number of imide groups is 1. The minimum absolute atomic E-state index is 0.185. The summed E-state index contributed by atoms with van der Waals surface area (Å²) < 4.78 is 0. The van der Waals surface area contributed by atoms with Crippen LogP contribution in [0.15, 0.2) is 66.4 Å². The monoisotopic (exact) mass is 305 g/mol. The molecule has 2 aromatic rings. The zero-order valence-electron chi connectivity index (χ0n) is 12.5. The molecular weight excluding hydrogens is 290 g/mol. The molecule has 0 aliphatic rings. The van der Waals surface area contributed by atoms with Crippen LogP contribution >= 0.6 is 0 Å². The fourth-order valence-corrected chi connectivity index (χ4v) is 1.79. The van der Waals surface area contributed by atoms with Crippen LogP contribution in [0.1, 0.15) is 15.9 Å². The third-order valence-electron chi connectivity index (χ3n) is 3.06. The number of carbonyl (C=O) groups is 2. The second-order valence-electron chi connectivity index (χ2n) is 4.83. The van der Waals surface area contributed by atoms with Crippen LogP contribution in [0.5, 0.6) is 0 Å². The molecule has 5 heteroatoms. The Hall–Kier alpha value is -3.39. The Labute approximate surface area is 134 Å². The Bertz CT molecular complexity index is 772. The lowest BCUT2D eigenvalue weighted by Crippen LogP contribution is -2.31. The number of aryl methyl sites for hydroxylation is 1. The maximum absolute atomic E-state index is 12.0. The van der Waals surface area contributed by atoms with Crippen molar-refractivity contribution in [2.24, 2.45) is 0 Å². The number of hydrogen-bond acceptors (Lipinski definition) is 4. The molecule has 0 aliphatic carbocycles. The largest absolute Gasteiger partial charge is 0.360 e. The van der Waals surface area contributed by atoms with E-state index >= 15 is 0 Å². The molecule has 0 aliphatic heterocycles. The van der Waals surface area contributed by atoms with Gasteiger partial charge in [-0.3, -0.25) is 14.9 Å². The molecule has 2 N–H and O–H groups in total. The van der Waals surface area contributed by atoms with Gasteiger partial charge in [-0.05, 0) is 31.2 Å². The van der Waals surface area contributed by atoms with E-state index in [2.05, 4.69) is 10.6 Å². The Kier molecular flexibility index (Phi) is 5.26. The van der Waals surface area contributed by atoms with Crippen LogP contribution in [0.25, 0.3) is 0 Å². The first kappa shape index (κ1) is 16.0. The third-order valence-corrected chi connectivity index (χ3v) is 3.06. The van der Waals surface area contributed by atoms with Crippen LogP contribution < -0.4 is 10.6 Å². The van der Waals surface area contributed by atoms with Crippen molar-refractivity contribution in [3.05, 3.63) is 77.5 Å². The predicted molar refractivity (Wildman–Crippen MR) is 87.4 cm³/mol. The summed E-state index contributed by atoms with van der Waals surface area (Å²) in [6.07, 6.45) is 1.28. The van der Waals surface area contributed by atoms with Gasteiger partial charge in [0.2, 0.25) is 0 Å². The van der Waals surface area contributed by atoms with E-state index in [-0.39, 0.29) is 5.57 Å². The number of carbonyl (C=O) groups excluding carboxylic acids is 2. The van der Waals surface area contributed by atoms with E-state index < -0.39 is 11.8 Å². The smallest absolute Gasteiger partial charge is 0.270 e. The number of amides is 2. The van der Waals surface area contributed by atoms with Crippen LogP contribution in [0.3, 0.4) is 0 Å². The predicted octanol–water partition coefficient (Wildman–Crippen LogP) is 2.77. The number of nitriles is 1. The Balaban J connectivity index is 2.03. The molecule has 23 heavy (non-hydrogen) atoms. The summed E-state index contributed by atoms with van der Waals surface area (Å²) in [6.45, 7) is 1.96. The van der Waals surface area contributed by atoms with Gasteiger partial charge in [-0.2, -0.15) is 5.26 Å². The summed E-state index contributed by atoms with van der Waals surface area (Å²) >= 11 is 0. The third kappa shape index (κ3) is 4.55. The summed E-state index contributed by atoms with van der Waals surface area (Å²) in [7, 11) is 0. The van der Waals surface area contributed by atoms with Gasteiger partial charge >= 0.3 is 0 Å². The number of benzene rings is 2. The van der Waals surface area contributed by atoms with Crippen molar-refractivity contribution in [1.82, 2.24) is 5.32 Å². The van der Waals surface area contributed by atoms with Gasteiger partial charge in [0, 0.05) is 17.5 Å². The molecule has 2 amide bonds. The van der Waals surface area contributed by atoms with Crippen LogP contribution in [-0.2, 0) is 4.79 Å². The van der Waals surface area contributed by atoms with E-state index in [1.807, 2.05) is 31.2 Å². The van der Waals surface area contributed by atoms with Gasteiger partial charge in [0.15, 0.2) is 0 Å². The van der Waals surface area contributed by atoms with E-state index in [1.165, 1.54) is 6.20 Å². The lowest BCUT2D eigenvalue weighted by molar-refractivity contribution is -0.116. The Morgan fingerprint density at radius 2 is 1.70 bits per heavy atom. The van der Waals surface area contributed by atoms with Gasteiger partial charge < -0.3 is 5.32 Å². The van der Waals surface area contributed by atoms with Crippen LogP contribution in [-0.4, -0.2) is 11.8 Å². The summed E-state index contributed by atoms with van der Waals surface area (Å²) in [5.74, 6) is -1.30. The zero-order chi connectivity index (χ0) is 16.7. The van der Waals surface area contributed by atoms with Gasteiger partial charge in [-0.25, -0.2) is 0 Å². The van der Waals surface area contributed by atoms with Crippen molar-refractivity contribution in [2.75, 3.05) is 5.32 Å². The van der Waals surface area contributed by atoms with E-state index in [1.54, 1.807) is 36.4 Å². The molecule has 0 heterocycles. The van der Waals surface area contributed by atoms with Crippen molar-refractivity contribution < 1.29 is 9.59 Å². The quantitative estimate of drug-likeness (QED) is 0.672. The van der Waals surface area contributed by atoms with E-state index in [9.17, 15) is 9.59 Å². The normalized spacial score (nSPS) is 10.5.